The summed E-state index contributed by atoms with van der Waals surface area (Å²) < 4.78 is 1.32. The van der Waals surface area contributed by atoms with Crippen LogP contribution in [0.15, 0.2) is 30.3 Å². The van der Waals surface area contributed by atoms with Gasteiger partial charge in [0.25, 0.3) is 11.8 Å². The molecule has 1 aromatic carbocycles. The van der Waals surface area contributed by atoms with Crippen molar-refractivity contribution in [3.63, 3.8) is 0 Å². The first-order valence-electron chi connectivity index (χ1n) is 6.16. The van der Waals surface area contributed by atoms with Crippen molar-refractivity contribution in [3.05, 3.63) is 47.3 Å². The molecular formula is C12H15N7O2. The van der Waals surface area contributed by atoms with E-state index in [-0.39, 0.29) is 11.4 Å². The molecule has 0 saturated carbocycles. The molecule has 0 bridgehead atoms. The third kappa shape index (κ3) is 3.22. The van der Waals surface area contributed by atoms with E-state index in [2.05, 4.69) is 10.3 Å². The molecule has 0 aliphatic rings. The number of carbonyl (C=O) groups is 2. The Bertz CT molecular complexity index is 638. The van der Waals surface area contributed by atoms with E-state index in [1.54, 1.807) is 0 Å². The van der Waals surface area contributed by atoms with E-state index >= 15 is 0 Å². The van der Waals surface area contributed by atoms with Crippen LogP contribution in [0.4, 0.5) is 0 Å². The van der Waals surface area contributed by atoms with Gasteiger partial charge in [0.2, 0.25) is 0 Å². The van der Waals surface area contributed by atoms with Crippen molar-refractivity contribution in [2.75, 3.05) is 0 Å². The molecule has 2 aromatic rings. The van der Waals surface area contributed by atoms with Gasteiger partial charge in [0.05, 0.1) is 0 Å². The van der Waals surface area contributed by atoms with Gasteiger partial charge in [-0.15, -0.1) is 5.10 Å². The van der Waals surface area contributed by atoms with Crippen molar-refractivity contribution in [1.29, 1.82) is 0 Å². The molecule has 2 rings (SSSR count). The first-order valence-corrected chi connectivity index (χ1v) is 6.16. The van der Waals surface area contributed by atoms with Gasteiger partial charge < -0.3 is 0 Å². The molecule has 1 aromatic heterocycles. The number of rotatable bonds is 5. The van der Waals surface area contributed by atoms with E-state index in [4.69, 9.17) is 11.7 Å². The van der Waals surface area contributed by atoms with Gasteiger partial charge in [-0.25, -0.2) is 16.4 Å². The fourth-order valence-electron chi connectivity index (χ4n) is 1.86. The van der Waals surface area contributed by atoms with Crippen LogP contribution in [0.25, 0.3) is 0 Å². The van der Waals surface area contributed by atoms with E-state index in [0.29, 0.717) is 13.0 Å². The van der Waals surface area contributed by atoms with E-state index in [0.717, 1.165) is 5.56 Å². The van der Waals surface area contributed by atoms with Crippen LogP contribution in [-0.2, 0) is 13.0 Å². The Morgan fingerprint density at radius 2 is 1.76 bits per heavy atom. The zero-order valence-electron chi connectivity index (χ0n) is 11.1. The second kappa shape index (κ2) is 6.59. The number of hydrogen-bond acceptors (Lipinski definition) is 6. The number of benzene rings is 1. The number of nitrogen functional groups attached to an aromatic ring is 2. The average Bonchev–Trinajstić information content (AvgIpc) is 2.96. The molecule has 0 aliphatic carbocycles. The number of carbonyl (C=O) groups excluding carboxylic acids is 2. The quantitative estimate of drug-likeness (QED) is 0.307. The van der Waals surface area contributed by atoms with Crippen LogP contribution in [0.2, 0.25) is 0 Å². The molecule has 1 heterocycles. The maximum atomic E-state index is 11.8. The highest BCUT2D eigenvalue weighted by atomic mass is 16.2. The van der Waals surface area contributed by atoms with E-state index < -0.39 is 11.8 Å². The Morgan fingerprint density at radius 3 is 2.38 bits per heavy atom. The van der Waals surface area contributed by atoms with Gasteiger partial charge in [-0.1, -0.05) is 35.5 Å². The molecule has 0 aliphatic heterocycles. The number of hydrogen-bond donors (Lipinski definition) is 4. The fraction of sp³-hybridized carbons (Fsp3) is 0.167. The van der Waals surface area contributed by atoms with Crippen molar-refractivity contribution in [2.24, 2.45) is 11.7 Å². The first-order chi connectivity index (χ1) is 10.2. The molecule has 0 spiro atoms. The Labute approximate surface area is 120 Å². The minimum Gasteiger partial charge on any atom is -0.289 e. The van der Waals surface area contributed by atoms with Crippen molar-refractivity contribution in [2.45, 2.75) is 13.0 Å². The molecule has 0 unspecified atom stereocenters. The Kier molecular flexibility index (Phi) is 4.59. The van der Waals surface area contributed by atoms with Crippen molar-refractivity contribution < 1.29 is 9.59 Å². The molecule has 6 N–H and O–H groups in total. The van der Waals surface area contributed by atoms with E-state index in [9.17, 15) is 9.59 Å². The second-order valence-corrected chi connectivity index (χ2v) is 4.19. The minimum atomic E-state index is -0.709. The second-order valence-electron chi connectivity index (χ2n) is 4.19. The highest BCUT2D eigenvalue weighted by Gasteiger charge is 2.24. The van der Waals surface area contributed by atoms with Crippen LogP contribution in [0.1, 0.15) is 26.5 Å². The number of nitrogens with zero attached hydrogens (tertiary/aromatic N) is 3. The van der Waals surface area contributed by atoms with E-state index in [1.807, 2.05) is 41.2 Å². The summed E-state index contributed by atoms with van der Waals surface area (Å²) in [5.74, 6) is 8.80. The van der Waals surface area contributed by atoms with Crippen LogP contribution < -0.4 is 22.5 Å². The number of amides is 2. The Morgan fingerprint density at radius 1 is 1.10 bits per heavy atom. The maximum absolute atomic E-state index is 11.8. The lowest BCUT2D eigenvalue weighted by atomic mass is 10.1. The average molecular weight is 289 g/mol. The van der Waals surface area contributed by atoms with Crippen LogP contribution in [0.3, 0.4) is 0 Å². The molecule has 0 radical (unpaired) electrons. The van der Waals surface area contributed by atoms with Crippen LogP contribution >= 0.6 is 0 Å². The summed E-state index contributed by atoms with van der Waals surface area (Å²) in [5.41, 5.74) is 4.74. The predicted molar refractivity (Wildman–Crippen MR) is 73.5 cm³/mol. The highest BCUT2D eigenvalue weighted by Crippen LogP contribution is 2.08. The molecule has 9 nitrogen and oxygen atoms in total. The zero-order valence-corrected chi connectivity index (χ0v) is 11.1. The molecule has 9 heteroatoms. The van der Waals surface area contributed by atoms with Gasteiger partial charge >= 0.3 is 0 Å². The van der Waals surface area contributed by atoms with Gasteiger partial charge in [-0.2, -0.15) is 0 Å². The summed E-state index contributed by atoms with van der Waals surface area (Å²) in [6.07, 6.45) is 0.624. The summed E-state index contributed by atoms with van der Waals surface area (Å²) >= 11 is 0. The zero-order chi connectivity index (χ0) is 15.2. The summed E-state index contributed by atoms with van der Waals surface area (Å²) in [6, 6.07) is 9.64. The summed E-state index contributed by atoms with van der Waals surface area (Å²) in [5, 5.41) is 7.48. The van der Waals surface area contributed by atoms with Gasteiger partial charge in [0.15, 0.2) is 11.4 Å². The lowest BCUT2D eigenvalue weighted by molar-refractivity contribution is 0.0910. The maximum Gasteiger partial charge on any atom is 0.288 e. The van der Waals surface area contributed by atoms with E-state index in [1.165, 1.54) is 4.68 Å². The monoisotopic (exact) mass is 289 g/mol. The predicted octanol–water partition coefficient (Wildman–Crippen LogP) is -1.27. The normalized spacial score (nSPS) is 10.2. The minimum absolute atomic E-state index is 0.0311. The number of aryl methyl sites for hydroxylation is 2. The Balaban J connectivity index is 2.25. The third-order valence-corrected chi connectivity index (χ3v) is 2.88. The van der Waals surface area contributed by atoms with Crippen LogP contribution in [0.5, 0.6) is 0 Å². The van der Waals surface area contributed by atoms with Gasteiger partial charge in [-0.3, -0.25) is 20.4 Å². The highest BCUT2D eigenvalue weighted by molar-refractivity contribution is 6.04. The fourth-order valence-corrected chi connectivity index (χ4v) is 1.86. The molecule has 21 heavy (non-hydrogen) atoms. The van der Waals surface area contributed by atoms with Gasteiger partial charge in [-0.05, 0) is 12.0 Å². The number of nitrogens with two attached hydrogens (primary N) is 2. The molecule has 2 amide bonds. The topological polar surface area (TPSA) is 141 Å². The summed E-state index contributed by atoms with van der Waals surface area (Å²) in [7, 11) is 0. The molecular weight excluding hydrogens is 274 g/mol. The lowest BCUT2D eigenvalue weighted by Crippen LogP contribution is -2.36. The summed E-state index contributed by atoms with van der Waals surface area (Å²) in [4.78, 5) is 23.4. The van der Waals surface area contributed by atoms with Gasteiger partial charge in [0.1, 0.15) is 0 Å². The molecule has 0 saturated heterocycles. The first kappa shape index (κ1) is 14.6. The Hall–Kier alpha value is -2.78. The molecule has 0 fully saturated rings. The SMILES string of the molecule is NNC(=O)c1nnn(CCc2ccccc2)c1C(=O)NN. The van der Waals surface area contributed by atoms with Gasteiger partial charge in [0, 0.05) is 6.54 Å². The largest absolute Gasteiger partial charge is 0.289 e. The third-order valence-electron chi connectivity index (χ3n) is 2.88. The van der Waals surface area contributed by atoms with Crippen molar-refractivity contribution >= 4 is 11.8 Å². The smallest absolute Gasteiger partial charge is 0.288 e. The number of nitrogens with one attached hydrogen (secondary N) is 2. The standard InChI is InChI=1S/C12H15N7O2/c13-15-11(20)9-10(12(21)16-14)19(18-17-9)7-6-8-4-2-1-3-5-8/h1-5H,6-7,13-14H2,(H,15,20)(H,16,21). The van der Waals surface area contributed by atoms with Crippen molar-refractivity contribution in [1.82, 2.24) is 25.8 Å². The number of aromatic nitrogens is 3. The summed E-state index contributed by atoms with van der Waals surface area (Å²) in [6.45, 7) is 0.373. The molecule has 110 valence electrons. The lowest BCUT2D eigenvalue weighted by Gasteiger charge is -2.06. The van der Waals surface area contributed by atoms with Crippen LogP contribution in [0, 0.1) is 0 Å². The number of hydrazine groups is 2. The van der Waals surface area contributed by atoms with Crippen molar-refractivity contribution in [3.8, 4) is 0 Å². The van der Waals surface area contributed by atoms with Crippen LogP contribution in [-0.4, -0.2) is 26.8 Å². The molecule has 0 atom stereocenters.